The summed E-state index contributed by atoms with van der Waals surface area (Å²) in [6.45, 7) is 6.37. The summed E-state index contributed by atoms with van der Waals surface area (Å²) in [5.74, 6) is 0. The summed E-state index contributed by atoms with van der Waals surface area (Å²) in [6, 6.07) is 9.43. The molecular weight excluding hydrogens is 222 g/mol. The van der Waals surface area contributed by atoms with Crippen molar-refractivity contribution in [2.24, 2.45) is 0 Å². The van der Waals surface area contributed by atoms with Crippen LogP contribution in [0.25, 0.3) is 0 Å². The maximum Gasteiger partial charge on any atom is 0.0462 e. The Morgan fingerprint density at radius 1 is 1.17 bits per heavy atom. The van der Waals surface area contributed by atoms with Crippen molar-refractivity contribution in [2.75, 3.05) is 20.3 Å². The molecule has 1 aromatic carbocycles. The molecule has 1 unspecified atom stereocenters. The first-order valence-electron chi connectivity index (χ1n) is 7.09. The zero-order valence-corrected chi connectivity index (χ0v) is 12.0. The molecule has 18 heavy (non-hydrogen) atoms. The van der Waals surface area contributed by atoms with Gasteiger partial charge in [0.25, 0.3) is 0 Å². The Hall–Kier alpha value is -0.860. The van der Waals surface area contributed by atoms with Gasteiger partial charge in [0.2, 0.25) is 0 Å². The van der Waals surface area contributed by atoms with Crippen LogP contribution in [0.1, 0.15) is 50.3 Å². The van der Waals surface area contributed by atoms with E-state index in [0.717, 1.165) is 19.6 Å². The first-order valence-corrected chi connectivity index (χ1v) is 7.09. The Bertz CT molecular complexity index is 307. The first kappa shape index (κ1) is 15.2. The molecule has 0 spiro atoms. The van der Waals surface area contributed by atoms with Crippen LogP contribution in [-0.4, -0.2) is 20.3 Å². The van der Waals surface area contributed by atoms with E-state index < -0.39 is 0 Å². The second-order valence-corrected chi connectivity index (χ2v) is 4.87. The zero-order valence-electron chi connectivity index (χ0n) is 12.0. The average Bonchev–Trinajstić information content (AvgIpc) is 2.39. The molecule has 0 aliphatic heterocycles. The van der Waals surface area contributed by atoms with Gasteiger partial charge in [-0.1, -0.05) is 37.6 Å². The number of hydrogen-bond acceptors (Lipinski definition) is 2. The van der Waals surface area contributed by atoms with Crippen molar-refractivity contribution >= 4 is 0 Å². The fourth-order valence-corrected chi connectivity index (χ4v) is 2.07. The van der Waals surface area contributed by atoms with Crippen LogP contribution in [0.5, 0.6) is 0 Å². The predicted molar refractivity (Wildman–Crippen MR) is 78.0 cm³/mol. The molecule has 2 heteroatoms. The van der Waals surface area contributed by atoms with Gasteiger partial charge in [0.1, 0.15) is 0 Å². The quantitative estimate of drug-likeness (QED) is 0.674. The van der Waals surface area contributed by atoms with E-state index in [0.29, 0.717) is 6.04 Å². The normalized spacial score (nSPS) is 12.6. The van der Waals surface area contributed by atoms with Crippen molar-refractivity contribution in [1.29, 1.82) is 0 Å². The lowest BCUT2D eigenvalue weighted by atomic mass is 10.0. The SMILES string of the molecule is CCCc1ccc(C(C)NCCCCOC)cc1. The molecule has 0 saturated carbocycles. The van der Waals surface area contributed by atoms with E-state index in [2.05, 4.69) is 43.4 Å². The van der Waals surface area contributed by atoms with Crippen molar-refractivity contribution < 1.29 is 4.74 Å². The highest BCUT2D eigenvalue weighted by molar-refractivity contribution is 5.24. The summed E-state index contributed by atoms with van der Waals surface area (Å²) in [5, 5.41) is 3.55. The van der Waals surface area contributed by atoms with Gasteiger partial charge >= 0.3 is 0 Å². The lowest BCUT2D eigenvalue weighted by Crippen LogP contribution is -2.20. The van der Waals surface area contributed by atoms with E-state index >= 15 is 0 Å². The van der Waals surface area contributed by atoms with E-state index in [1.807, 2.05) is 0 Å². The van der Waals surface area contributed by atoms with E-state index in [1.54, 1.807) is 7.11 Å². The molecule has 0 radical (unpaired) electrons. The molecule has 0 amide bonds. The summed E-state index contributed by atoms with van der Waals surface area (Å²) in [6.07, 6.45) is 4.70. The van der Waals surface area contributed by atoms with Gasteiger partial charge in [-0.25, -0.2) is 0 Å². The number of unbranched alkanes of at least 4 members (excludes halogenated alkanes) is 1. The van der Waals surface area contributed by atoms with Gasteiger partial charge in [-0.2, -0.15) is 0 Å². The number of methoxy groups -OCH3 is 1. The van der Waals surface area contributed by atoms with Crippen LogP contribution >= 0.6 is 0 Å². The van der Waals surface area contributed by atoms with Crippen molar-refractivity contribution in [1.82, 2.24) is 5.32 Å². The third-order valence-corrected chi connectivity index (χ3v) is 3.24. The van der Waals surface area contributed by atoms with Crippen molar-refractivity contribution in [3.63, 3.8) is 0 Å². The van der Waals surface area contributed by atoms with Gasteiger partial charge in [0, 0.05) is 19.8 Å². The summed E-state index contributed by atoms with van der Waals surface area (Å²) in [7, 11) is 1.76. The van der Waals surface area contributed by atoms with Crippen LogP contribution in [0.3, 0.4) is 0 Å². The van der Waals surface area contributed by atoms with Crippen LogP contribution < -0.4 is 5.32 Å². The van der Waals surface area contributed by atoms with E-state index in [1.165, 1.54) is 30.4 Å². The molecule has 0 saturated heterocycles. The standard InChI is InChI=1S/C16H27NO/c1-4-7-15-8-10-16(11-9-15)14(2)17-12-5-6-13-18-3/h8-11,14,17H,4-7,12-13H2,1-3H3. The summed E-state index contributed by atoms with van der Waals surface area (Å²) in [5.41, 5.74) is 2.81. The molecule has 0 aromatic heterocycles. The number of hydrogen-bond donors (Lipinski definition) is 1. The third kappa shape index (κ3) is 5.65. The average molecular weight is 249 g/mol. The molecule has 0 heterocycles. The Balaban J connectivity index is 2.30. The predicted octanol–water partition coefficient (Wildman–Crippen LogP) is 3.72. The molecule has 102 valence electrons. The second kappa shape index (κ2) is 9.12. The van der Waals surface area contributed by atoms with Gasteiger partial charge in [0.15, 0.2) is 0 Å². The molecular formula is C16H27NO. The topological polar surface area (TPSA) is 21.3 Å². The smallest absolute Gasteiger partial charge is 0.0462 e. The number of aryl methyl sites for hydroxylation is 1. The maximum atomic E-state index is 5.04. The molecule has 1 atom stereocenters. The first-order chi connectivity index (χ1) is 8.77. The summed E-state index contributed by atoms with van der Waals surface area (Å²) >= 11 is 0. The minimum Gasteiger partial charge on any atom is -0.385 e. The molecule has 0 bridgehead atoms. The van der Waals surface area contributed by atoms with Gasteiger partial charge < -0.3 is 10.1 Å². The molecule has 1 rings (SSSR count). The zero-order chi connectivity index (χ0) is 13.2. The Kier molecular flexibility index (Phi) is 7.70. The lowest BCUT2D eigenvalue weighted by molar-refractivity contribution is 0.192. The third-order valence-electron chi connectivity index (χ3n) is 3.24. The molecule has 2 nitrogen and oxygen atoms in total. The van der Waals surface area contributed by atoms with Gasteiger partial charge in [-0.05, 0) is 43.9 Å². The largest absolute Gasteiger partial charge is 0.385 e. The molecule has 0 fully saturated rings. The monoisotopic (exact) mass is 249 g/mol. The minimum absolute atomic E-state index is 0.434. The summed E-state index contributed by atoms with van der Waals surface area (Å²) in [4.78, 5) is 0. The number of ether oxygens (including phenoxy) is 1. The van der Waals surface area contributed by atoms with Crippen molar-refractivity contribution in [3.8, 4) is 0 Å². The second-order valence-electron chi connectivity index (χ2n) is 4.87. The molecule has 1 aromatic rings. The fourth-order valence-electron chi connectivity index (χ4n) is 2.07. The highest BCUT2D eigenvalue weighted by Gasteiger charge is 2.03. The fraction of sp³-hybridized carbons (Fsp3) is 0.625. The Labute approximate surface area is 112 Å². The number of benzene rings is 1. The van der Waals surface area contributed by atoms with Crippen LogP contribution in [0, 0.1) is 0 Å². The molecule has 1 N–H and O–H groups in total. The van der Waals surface area contributed by atoms with E-state index in [4.69, 9.17) is 4.74 Å². The number of nitrogens with one attached hydrogen (secondary N) is 1. The van der Waals surface area contributed by atoms with E-state index in [-0.39, 0.29) is 0 Å². The maximum absolute atomic E-state index is 5.04. The van der Waals surface area contributed by atoms with E-state index in [9.17, 15) is 0 Å². The van der Waals surface area contributed by atoms with Crippen LogP contribution in [0.2, 0.25) is 0 Å². The highest BCUT2D eigenvalue weighted by Crippen LogP contribution is 2.14. The molecule has 0 aliphatic carbocycles. The molecule has 0 aliphatic rings. The van der Waals surface area contributed by atoms with Crippen LogP contribution in [0.15, 0.2) is 24.3 Å². The van der Waals surface area contributed by atoms with Crippen molar-refractivity contribution in [2.45, 2.75) is 45.6 Å². The van der Waals surface area contributed by atoms with Gasteiger partial charge in [0.05, 0.1) is 0 Å². The minimum atomic E-state index is 0.434. The van der Waals surface area contributed by atoms with Crippen LogP contribution in [0.4, 0.5) is 0 Å². The summed E-state index contributed by atoms with van der Waals surface area (Å²) < 4.78 is 5.04. The van der Waals surface area contributed by atoms with Crippen molar-refractivity contribution in [3.05, 3.63) is 35.4 Å². The lowest BCUT2D eigenvalue weighted by Gasteiger charge is -2.14. The Morgan fingerprint density at radius 2 is 1.89 bits per heavy atom. The highest BCUT2D eigenvalue weighted by atomic mass is 16.5. The van der Waals surface area contributed by atoms with Gasteiger partial charge in [-0.15, -0.1) is 0 Å². The number of rotatable bonds is 9. The van der Waals surface area contributed by atoms with Gasteiger partial charge in [-0.3, -0.25) is 0 Å². The Morgan fingerprint density at radius 3 is 2.50 bits per heavy atom. The van der Waals surface area contributed by atoms with Crippen LogP contribution in [-0.2, 0) is 11.2 Å².